The number of ether oxygens (including phenoxy) is 2. The van der Waals surface area contributed by atoms with Gasteiger partial charge in [-0.15, -0.1) is 0 Å². The van der Waals surface area contributed by atoms with Crippen molar-refractivity contribution >= 4 is 5.91 Å². The van der Waals surface area contributed by atoms with Gasteiger partial charge in [0.25, 0.3) is 0 Å². The fourth-order valence-corrected chi connectivity index (χ4v) is 2.99. The summed E-state index contributed by atoms with van der Waals surface area (Å²) in [5.74, 6) is 1.59. The number of aromatic nitrogens is 2. The van der Waals surface area contributed by atoms with Crippen LogP contribution in [-0.2, 0) is 17.8 Å². The average molecular weight is 356 g/mol. The first-order valence-electron chi connectivity index (χ1n) is 8.71. The number of methoxy groups -OCH3 is 1. The van der Waals surface area contributed by atoms with Gasteiger partial charge in [0.05, 0.1) is 19.3 Å². The van der Waals surface area contributed by atoms with Crippen LogP contribution in [0.3, 0.4) is 0 Å². The predicted octanol–water partition coefficient (Wildman–Crippen LogP) is 1.43. The van der Waals surface area contributed by atoms with E-state index in [2.05, 4.69) is 20.2 Å². The largest absolute Gasteiger partial charge is 0.497 e. The fraction of sp³-hybridized carbons (Fsp3) is 0.421. The van der Waals surface area contributed by atoms with Crippen LogP contribution in [-0.4, -0.2) is 53.6 Å². The quantitative estimate of drug-likeness (QED) is 0.844. The zero-order chi connectivity index (χ0) is 18.4. The van der Waals surface area contributed by atoms with Gasteiger partial charge >= 0.3 is 0 Å². The lowest BCUT2D eigenvalue weighted by atomic mass is 10.2. The maximum absolute atomic E-state index is 12.3. The van der Waals surface area contributed by atoms with Crippen LogP contribution in [0.15, 0.2) is 36.8 Å². The molecule has 3 rings (SSSR count). The maximum Gasteiger partial charge on any atom is 0.234 e. The van der Waals surface area contributed by atoms with E-state index in [1.54, 1.807) is 25.7 Å². The molecule has 138 valence electrons. The van der Waals surface area contributed by atoms with Crippen molar-refractivity contribution in [2.24, 2.45) is 0 Å². The number of nitrogens with zero attached hydrogens (tertiary/aromatic N) is 3. The molecule has 1 aromatic carbocycles. The van der Waals surface area contributed by atoms with Crippen LogP contribution in [0.4, 0.5) is 0 Å². The third kappa shape index (κ3) is 4.92. The Hall–Kier alpha value is -2.67. The van der Waals surface area contributed by atoms with E-state index in [9.17, 15) is 4.79 Å². The fourth-order valence-electron chi connectivity index (χ4n) is 2.99. The van der Waals surface area contributed by atoms with Crippen molar-refractivity contribution in [1.82, 2.24) is 20.2 Å². The number of fused-ring (bicyclic) bond motifs is 1. The molecule has 1 aliphatic heterocycles. The van der Waals surface area contributed by atoms with E-state index >= 15 is 0 Å². The van der Waals surface area contributed by atoms with E-state index in [0.717, 1.165) is 22.8 Å². The zero-order valence-corrected chi connectivity index (χ0v) is 15.1. The number of carbonyl (C=O) groups is 1. The molecule has 0 bridgehead atoms. The second-order valence-electron chi connectivity index (χ2n) is 6.37. The smallest absolute Gasteiger partial charge is 0.234 e. The summed E-state index contributed by atoms with van der Waals surface area (Å²) in [6.07, 6.45) is 5.67. The molecule has 7 heteroatoms. The molecule has 0 aliphatic carbocycles. The summed E-state index contributed by atoms with van der Waals surface area (Å²) in [6.45, 7) is 4.24. The van der Waals surface area contributed by atoms with Crippen molar-refractivity contribution < 1.29 is 14.3 Å². The Morgan fingerprint density at radius 3 is 3.08 bits per heavy atom. The third-order valence-electron chi connectivity index (χ3n) is 4.20. The number of carbonyl (C=O) groups excluding carboxylic acids is 1. The molecule has 1 atom stereocenters. The van der Waals surface area contributed by atoms with Gasteiger partial charge in [-0.2, -0.15) is 0 Å². The van der Waals surface area contributed by atoms with Gasteiger partial charge in [0.1, 0.15) is 17.6 Å². The van der Waals surface area contributed by atoms with Crippen LogP contribution in [0.25, 0.3) is 0 Å². The first kappa shape index (κ1) is 18.1. The lowest BCUT2D eigenvalue weighted by Crippen LogP contribution is -2.40. The Morgan fingerprint density at radius 2 is 2.31 bits per heavy atom. The number of amides is 1. The highest BCUT2D eigenvalue weighted by molar-refractivity contribution is 5.78. The standard InChI is InChI=1S/C19H24N4O3/c1-14-11-23(12-15-3-4-17(25-2)9-18(15)26-14)13-19(24)22-6-5-16-10-20-7-8-21-16/h3-4,7-10,14H,5-6,11-13H2,1-2H3,(H,22,24)/t14-/m0/s1. The van der Waals surface area contributed by atoms with Crippen molar-refractivity contribution in [3.63, 3.8) is 0 Å². The summed E-state index contributed by atoms with van der Waals surface area (Å²) >= 11 is 0. The van der Waals surface area contributed by atoms with Crippen molar-refractivity contribution in [3.05, 3.63) is 48.0 Å². The molecule has 0 spiro atoms. The maximum atomic E-state index is 12.3. The molecule has 1 aromatic heterocycles. The normalized spacial score (nSPS) is 16.9. The predicted molar refractivity (Wildman–Crippen MR) is 97.1 cm³/mol. The minimum Gasteiger partial charge on any atom is -0.497 e. The Labute approximate surface area is 153 Å². The zero-order valence-electron chi connectivity index (χ0n) is 15.1. The van der Waals surface area contributed by atoms with Gasteiger partial charge in [0, 0.05) is 56.3 Å². The van der Waals surface area contributed by atoms with Crippen molar-refractivity contribution in [3.8, 4) is 11.5 Å². The van der Waals surface area contributed by atoms with Gasteiger partial charge in [0.15, 0.2) is 0 Å². The molecular formula is C19H24N4O3. The summed E-state index contributed by atoms with van der Waals surface area (Å²) in [6, 6.07) is 5.80. The number of nitrogens with one attached hydrogen (secondary N) is 1. The molecule has 0 fully saturated rings. The van der Waals surface area contributed by atoms with Gasteiger partial charge in [0.2, 0.25) is 5.91 Å². The first-order chi connectivity index (χ1) is 12.6. The highest BCUT2D eigenvalue weighted by Gasteiger charge is 2.22. The number of rotatable bonds is 6. The molecular weight excluding hydrogens is 332 g/mol. The Morgan fingerprint density at radius 1 is 1.42 bits per heavy atom. The third-order valence-corrected chi connectivity index (χ3v) is 4.20. The van der Waals surface area contributed by atoms with Crippen LogP contribution >= 0.6 is 0 Å². The minimum atomic E-state index is -0.00394. The number of hydrogen-bond acceptors (Lipinski definition) is 6. The van der Waals surface area contributed by atoms with E-state index in [-0.39, 0.29) is 12.0 Å². The van der Waals surface area contributed by atoms with Crippen LogP contribution in [0.2, 0.25) is 0 Å². The summed E-state index contributed by atoms with van der Waals surface area (Å²) in [5.41, 5.74) is 1.93. The topological polar surface area (TPSA) is 76.6 Å². The summed E-state index contributed by atoms with van der Waals surface area (Å²) in [4.78, 5) is 22.6. The number of hydrogen-bond donors (Lipinski definition) is 1. The second-order valence-corrected chi connectivity index (χ2v) is 6.37. The van der Waals surface area contributed by atoms with E-state index < -0.39 is 0 Å². The second kappa shape index (κ2) is 8.62. The first-order valence-corrected chi connectivity index (χ1v) is 8.71. The molecule has 26 heavy (non-hydrogen) atoms. The molecule has 1 amide bonds. The van der Waals surface area contributed by atoms with E-state index in [0.29, 0.717) is 32.6 Å². The van der Waals surface area contributed by atoms with Crippen LogP contribution in [0.5, 0.6) is 11.5 Å². The summed E-state index contributed by atoms with van der Waals surface area (Å²) in [7, 11) is 1.64. The molecule has 0 saturated carbocycles. The highest BCUT2D eigenvalue weighted by Crippen LogP contribution is 2.29. The van der Waals surface area contributed by atoms with E-state index in [1.807, 2.05) is 25.1 Å². The molecule has 1 N–H and O–H groups in total. The van der Waals surface area contributed by atoms with Gasteiger partial charge in [-0.1, -0.05) is 6.07 Å². The summed E-state index contributed by atoms with van der Waals surface area (Å²) in [5, 5.41) is 2.95. The van der Waals surface area contributed by atoms with Gasteiger partial charge in [-0.05, 0) is 13.0 Å². The molecule has 7 nitrogen and oxygen atoms in total. The Kier molecular flexibility index (Phi) is 6.01. The molecule has 0 radical (unpaired) electrons. The molecule has 2 aromatic rings. The van der Waals surface area contributed by atoms with Crippen LogP contribution < -0.4 is 14.8 Å². The molecule has 0 saturated heterocycles. The van der Waals surface area contributed by atoms with E-state index in [4.69, 9.17) is 9.47 Å². The Balaban J connectivity index is 1.54. The van der Waals surface area contributed by atoms with Crippen LogP contribution in [0.1, 0.15) is 18.2 Å². The van der Waals surface area contributed by atoms with Gasteiger partial charge in [-0.25, -0.2) is 0 Å². The Bertz CT molecular complexity index is 739. The molecule has 0 unspecified atom stereocenters. The monoisotopic (exact) mass is 356 g/mol. The lowest BCUT2D eigenvalue weighted by Gasteiger charge is -2.21. The van der Waals surface area contributed by atoms with Gasteiger partial charge < -0.3 is 14.8 Å². The van der Waals surface area contributed by atoms with Crippen molar-refractivity contribution in [2.45, 2.75) is 26.0 Å². The summed E-state index contributed by atoms with van der Waals surface area (Å²) < 4.78 is 11.2. The van der Waals surface area contributed by atoms with Crippen LogP contribution in [0, 0.1) is 0 Å². The average Bonchev–Trinajstić information content (AvgIpc) is 2.79. The number of benzene rings is 1. The SMILES string of the molecule is COc1ccc2c(c1)O[C@@H](C)CN(CC(=O)NCCc1cnccn1)C2. The van der Waals surface area contributed by atoms with Gasteiger partial charge in [-0.3, -0.25) is 19.7 Å². The minimum absolute atomic E-state index is 0.00180. The van der Waals surface area contributed by atoms with E-state index in [1.165, 1.54) is 0 Å². The lowest BCUT2D eigenvalue weighted by molar-refractivity contribution is -0.122. The van der Waals surface area contributed by atoms with Crippen molar-refractivity contribution in [2.75, 3.05) is 26.7 Å². The van der Waals surface area contributed by atoms with Crippen molar-refractivity contribution in [1.29, 1.82) is 0 Å². The molecule has 2 heterocycles. The molecule has 1 aliphatic rings. The highest BCUT2D eigenvalue weighted by atomic mass is 16.5.